The number of hydrogen-bond donors (Lipinski definition) is 0. The summed E-state index contributed by atoms with van der Waals surface area (Å²) >= 11 is 0. The van der Waals surface area contributed by atoms with Crippen LogP contribution < -0.4 is 9.80 Å². The number of rotatable bonds is 4. The maximum atomic E-state index is 9.04. The van der Waals surface area contributed by atoms with Gasteiger partial charge in [0.25, 0.3) is 0 Å². The first-order valence-electron chi connectivity index (χ1n) is 8.20. The minimum absolute atomic E-state index is 0.622. The van der Waals surface area contributed by atoms with Gasteiger partial charge in [0.1, 0.15) is 0 Å². The molecule has 4 nitrogen and oxygen atoms in total. The van der Waals surface area contributed by atoms with Crippen molar-refractivity contribution in [2.75, 3.05) is 23.9 Å². The molecule has 0 aliphatic carbocycles. The Morgan fingerprint density at radius 2 is 0.846 bits per heavy atom. The van der Waals surface area contributed by atoms with Crippen LogP contribution in [-0.4, -0.2) is 14.1 Å². The Balaban J connectivity index is 2.08. The van der Waals surface area contributed by atoms with Crippen LogP contribution >= 0.6 is 0 Å². The molecule has 0 fully saturated rings. The number of hydrogen-bond acceptors (Lipinski definition) is 4. The van der Waals surface area contributed by atoms with Crippen molar-refractivity contribution in [3.63, 3.8) is 0 Å². The van der Waals surface area contributed by atoms with Gasteiger partial charge in [-0.2, -0.15) is 10.5 Å². The van der Waals surface area contributed by atoms with Crippen molar-refractivity contribution in [3.8, 4) is 12.1 Å². The second-order valence-corrected chi connectivity index (χ2v) is 6.06. The van der Waals surface area contributed by atoms with Gasteiger partial charge in [0.05, 0.1) is 23.3 Å². The van der Waals surface area contributed by atoms with E-state index in [9.17, 15) is 0 Å². The second-order valence-electron chi connectivity index (χ2n) is 6.06. The summed E-state index contributed by atoms with van der Waals surface area (Å²) in [5, 5.41) is 18.1. The first-order valence-corrected chi connectivity index (χ1v) is 8.20. The van der Waals surface area contributed by atoms with E-state index in [1.807, 2.05) is 38.4 Å². The molecule has 26 heavy (non-hydrogen) atoms. The Labute approximate surface area is 153 Å². The Kier molecular flexibility index (Phi) is 4.87. The average molecular weight is 338 g/mol. The van der Waals surface area contributed by atoms with Crippen LogP contribution in [0.25, 0.3) is 0 Å². The molecule has 0 heterocycles. The molecule has 0 N–H and O–H groups in total. The summed E-state index contributed by atoms with van der Waals surface area (Å²) in [7, 11) is 4.02. The molecule has 4 heteroatoms. The number of anilines is 4. The Hall–Kier alpha value is -3.76. The normalized spacial score (nSPS) is 9.85. The van der Waals surface area contributed by atoms with Crippen LogP contribution in [0.15, 0.2) is 72.8 Å². The largest absolute Gasteiger partial charge is 0.378 e. The topological polar surface area (TPSA) is 54.1 Å². The predicted molar refractivity (Wildman–Crippen MR) is 105 cm³/mol. The van der Waals surface area contributed by atoms with E-state index in [4.69, 9.17) is 10.5 Å². The van der Waals surface area contributed by atoms with Gasteiger partial charge in [0.2, 0.25) is 0 Å². The monoisotopic (exact) mass is 338 g/mol. The third-order valence-electron chi connectivity index (χ3n) is 4.13. The van der Waals surface area contributed by atoms with Crippen LogP contribution in [0.5, 0.6) is 0 Å². The lowest BCUT2D eigenvalue weighted by Gasteiger charge is -2.26. The molecule has 0 saturated carbocycles. The molecule has 0 atom stereocenters. The minimum Gasteiger partial charge on any atom is -0.378 e. The average Bonchev–Trinajstić information content (AvgIpc) is 2.69. The highest BCUT2D eigenvalue weighted by Gasteiger charge is 2.13. The number of nitriles is 2. The SMILES string of the molecule is CN(C)c1ccc(N(c2ccc(C#N)cc2)c2ccc(C#N)cc2)cc1. The Morgan fingerprint density at radius 1 is 0.538 bits per heavy atom. The van der Waals surface area contributed by atoms with Gasteiger partial charge in [-0.25, -0.2) is 0 Å². The summed E-state index contributed by atoms with van der Waals surface area (Å²) in [6.07, 6.45) is 0. The van der Waals surface area contributed by atoms with Crippen LogP contribution in [0, 0.1) is 22.7 Å². The van der Waals surface area contributed by atoms with Crippen molar-refractivity contribution >= 4 is 22.7 Å². The third-order valence-corrected chi connectivity index (χ3v) is 4.13. The zero-order chi connectivity index (χ0) is 18.5. The van der Waals surface area contributed by atoms with Crippen molar-refractivity contribution in [1.82, 2.24) is 0 Å². The molecule has 0 radical (unpaired) electrons. The van der Waals surface area contributed by atoms with Crippen LogP contribution in [0.1, 0.15) is 11.1 Å². The molecule has 3 aromatic rings. The lowest BCUT2D eigenvalue weighted by atomic mass is 10.1. The van der Waals surface area contributed by atoms with Crippen LogP contribution in [0.2, 0.25) is 0 Å². The van der Waals surface area contributed by atoms with Gasteiger partial charge in [0, 0.05) is 36.8 Å². The summed E-state index contributed by atoms with van der Waals surface area (Å²) in [6, 6.07) is 27.5. The molecule has 0 aliphatic heterocycles. The van der Waals surface area contributed by atoms with Crippen molar-refractivity contribution in [2.45, 2.75) is 0 Å². The van der Waals surface area contributed by atoms with Gasteiger partial charge in [-0.3, -0.25) is 0 Å². The highest BCUT2D eigenvalue weighted by Crippen LogP contribution is 2.35. The van der Waals surface area contributed by atoms with E-state index in [-0.39, 0.29) is 0 Å². The highest BCUT2D eigenvalue weighted by molar-refractivity contribution is 5.77. The zero-order valence-corrected chi connectivity index (χ0v) is 14.7. The maximum absolute atomic E-state index is 9.04. The summed E-state index contributed by atoms with van der Waals surface area (Å²) in [5.41, 5.74) is 5.27. The van der Waals surface area contributed by atoms with E-state index in [0.717, 1.165) is 22.7 Å². The summed E-state index contributed by atoms with van der Waals surface area (Å²) in [4.78, 5) is 4.15. The molecular formula is C22H18N4. The van der Waals surface area contributed by atoms with E-state index in [2.05, 4.69) is 46.2 Å². The van der Waals surface area contributed by atoms with Gasteiger partial charge < -0.3 is 9.80 Å². The smallest absolute Gasteiger partial charge is 0.0991 e. The van der Waals surface area contributed by atoms with E-state index < -0.39 is 0 Å². The lowest BCUT2D eigenvalue weighted by molar-refractivity contribution is 1.13. The van der Waals surface area contributed by atoms with E-state index in [1.54, 1.807) is 24.3 Å². The summed E-state index contributed by atoms with van der Waals surface area (Å²) in [6.45, 7) is 0. The van der Waals surface area contributed by atoms with E-state index >= 15 is 0 Å². The molecule has 0 saturated heterocycles. The van der Waals surface area contributed by atoms with E-state index in [1.165, 1.54) is 0 Å². The molecular weight excluding hydrogens is 320 g/mol. The van der Waals surface area contributed by atoms with Gasteiger partial charge >= 0.3 is 0 Å². The van der Waals surface area contributed by atoms with Crippen molar-refractivity contribution in [2.24, 2.45) is 0 Å². The quantitative estimate of drug-likeness (QED) is 0.674. The van der Waals surface area contributed by atoms with E-state index in [0.29, 0.717) is 11.1 Å². The van der Waals surface area contributed by atoms with Gasteiger partial charge in [0.15, 0.2) is 0 Å². The predicted octanol–water partition coefficient (Wildman–Crippen LogP) is 4.97. The molecule has 0 bridgehead atoms. The third kappa shape index (κ3) is 3.50. The Morgan fingerprint density at radius 3 is 1.15 bits per heavy atom. The van der Waals surface area contributed by atoms with Crippen LogP contribution in [0.4, 0.5) is 22.7 Å². The molecule has 3 rings (SSSR count). The molecule has 0 aliphatic rings. The van der Waals surface area contributed by atoms with Gasteiger partial charge in [-0.05, 0) is 72.8 Å². The molecule has 0 unspecified atom stereocenters. The first kappa shape index (κ1) is 17.1. The van der Waals surface area contributed by atoms with Gasteiger partial charge in [-0.1, -0.05) is 0 Å². The fourth-order valence-electron chi connectivity index (χ4n) is 2.72. The van der Waals surface area contributed by atoms with Crippen LogP contribution in [0.3, 0.4) is 0 Å². The maximum Gasteiger partial charge on any atom is 0.0991 e. The van der Waals surface area contributed by atoms with Gasteiger partial charge in [-0.15, -0.1) is 0 Å². The fourth-order valence-corrected chi connectivity index (χ4v) is 2.72. The highest BCUT2D eigenvalue weighted by atomic mass is 15.1. The summed E-state index contributed by atoms with van der Waals surface area (Å²) in [5.74, 6) is 0. The van der Waals surface area contributed by atoms with Crippen LogP contribution in [-0.2, 0) is 0 Å². The molecule has 0 aromatic heterocycles. The first-order chi connectivity index (χ1) is 12.6. The summed E-state index contributed by atoms with van der Waals surface area (Å²) < 4.78 is 0. The fraction of sp³-hybridized carbons (Fsp3) is 0.0909. The molecule has 126 valence electrons. The second kappa shape index (κ2) is 7.42. The minimum atomic E-state index is 0.622. The lowest BCUT2D eigenvalue weighted by Crippen LogP contribution is -2.11. The molecule has 0 amide bonds. The van der Waals surface area contributed by atoms with Crippen molar-refractivity contribution < 1.29 is 0 Å². The number of nitrogens with zero attached hydrogens (tertiary/aromatic N) is 4. The number of benzene rings is 3. The standard InChI is InChI=1S/C22H18N4/c1-25(2)19-11-13-22(14-12-19)26(20-7-3-17(15-23)4-8-20)21-9-5-18(16-24)6-10-21/h3-14H,1-2H3. The Bertz CT molecular complexity index is 900. The zero-order valence-electron chi connectivity index (χ0n) is 14.7. The molecule has 0 spiro atoms. The van der Waals surface area contributed by atoms with Crippen molar-refractivity contribution in [1.29, 1.82) is 10.5 Å². The van der Waals surface area contributed by atoms with Crippen molar-refractivity contribution in [3.05, 3.63) is 83.9 Å². The molecule has 3 aromatic carbocycles.